The normalized spacial score (nSPS) is 14.8. The van der Waals surface area contributed by atoms with Gasteiger partial charge in [0.2, 0.25) is 10.0 Å². The molecule has 0 bridgehead atoms. The van der Waals surface area contributed by atoms with Crippen molar-refractivity contribution in [3.63, 3.8) is 0 Å². The fourth-order valence-corrected chi connectivity index (χ4v) is 3.90. The number of benzene rings is 1. The van der Waals surface area contributed by atoms with Gasteiger partial charge in [-0.1, -0.05) is 25.4 Å². The Bertz CT molecular complexity index is 670. The minimum Gasteiger partial charge on any atom is -0.482 e. The summed E-state index contributed by atoms with van der Waals surface area (Å²) in [6.45, 7) is 4.18. The molecule has 0 heterocycles. The molecule has 1 saturated carbocycles. The van der Waals surface area contributed by atoms with Gasteiger partial charge in [-0.05, 0) is 31.0 Å². The number of carbonyl (C=O) groups excluding carboxylic acids is 1. The van der Waals surface area contributed by atoms with Gasteiger partial charge in [-0.15, -0.1) is 0 Å². The predicted octanol–water partition coefficient (Wildman–Crippen LogP) is 2.03. The molecule has 1 aromatic carbocycles. The van der Waals surface area contributed by atoms with Gasteiger partial charge in [0, 0.05) is 19.1 Å². The number of carbonyl (C=O) groups is 1. The van der Waals surface area contributed by atoms with E-state index in [1.807, 2.05) is 0 Å². The van der Waals surface area contributed by atoms with Crippen molar-refractivity contribution >= 4 is 27.5 Å². The Kier molecular flexibility index (Phi) is 5.89. The van der Waals surface area contributed by atoms with Crippen LogP contribution in [0.15, 0.2) is 23.1 Å². The van der Waals surface area contributed by atoms with Gasteiger partial charge in [0.15, 0.2) is 6.61 Å². The van der Waals surface area contributed by atoms with Crippen LogP contribution in [0.25, 0.3) is 0 Å². The Hall–Kier alpha value is -1.31. The van der Waals surface area contributed by atoms with Gasteiger partial charge in [0.25, 0.3) is 5.91 Å². The van der Waals surface area contributed by atoms with Crippen LogP contribution in [0.3, 0.4) is 0 Å². The Balaban J connectivity index is 2.06. The first-order valence-electron chi connectivity index (χ1n) is 7.60. The van der Waals surface area contributed by atoms with Gasteiger partial charge in [-0.25, -0.2) is 8.42 Å². The predicted molar refractivity (Wildman–Crippen MR) is 88.2 cm³/mol. The van der Waals surface area contributed by atoms with E-state index in [1.165, 1.54) is 22.5 Å². The van der Waals surface area contributed by atoms with Gasteiger partial charge in [-0.3, -0.25) is 4.79 Å². The van der Waals surface area contributed by atoms with Crippen LogP contribution in [0, 0.1) is 0 Å². The van der Waals surface area contributed by atoms with E-state index >= 15 is 0 Å². The lowest BCUT2D eigenvalue weighted by Gasteiger charge is -2.19. The number of halogens is 1. The average molecular weight is 361 g/mol. The molecular weight excluding hydrogens is 340 g/mol. The number of hydrogen-bond donors (Lipinski definition) is 1. The summed E-state index contributed by atoms with van der Waals surface area (Å²) in [5.41, 5.74) is 0. The standard InChI is InChI=1S/C15H21ClN2O4S/c1-3-18(4-2)23(20,21)12-7-8-14(13(16)9-12)22-10-15(19)17-11-5-6-11/h7-9,11H,3-6,10H2,1-2H3,(H,17,19). The number of amides is 1. The number of nitrogens with one attached hydrogen (secondary N) is 1. The maximum absolute atomic E-state index is 12.4. The van der Waals surface area contributed by atoms with Crippen molar-refractivity contribution in [2.45, 2.75) is 37.6 Å². The van der Waals surface area contributed by atoms with Crippen LogP contribution in [0.2, 0.25) is 5.02 Å². The van der Waals surface area contributed by atoms with Gasteiger partial charge < -0.3 is 10.1 Å². The van der Waals surface area contributed by atoms with Crippen molar-refractivity contribution in [2.24, 2.45) is 0 Å². The molecule has 2 rings (SSSR count). The van der Waals surface area contributed by atoms with Crippen molar-refractivity contribution in [3.05, 3.63) is 23.2 Å². The zero-order valence-corrected chi connectivity index (χ0v) is 14.8. The molecule has 1 fully saturated rings. The zero-order valence-electron chi connectivity index (χ0n) is 13.2. The molecule has 0 aromatic heterocycles. The number of sulfonamides is 1. The Morgan fingerprint density at radius 3 is 2.52 bits per heavy atom. The van der Waals surface area contributed by atoms with Crippen LogP contribution in [-0.4, -0.2) is 44.4 Å². The first-order chi connectivity index (χ1) is 10.9. The lowest BCUT2D eigenvalue weighted by atomic mass is 10.3. The molecule has 0 radical (unpaired) electrons. The lowest BCUT2D eigenvalue weighted by molar-refractivity contribution is -0.123. The second kappa shape index (κ2) is 7.51. The quantitative estimate of drug-likeness (QED) is 0.769. The summed E-state index contributed by atoms with van der Waals surface area (Å²) < 4.78 is 31.5. The number of hydrogen-bond acceptors (Lipinski definition) is 4. The van der Waals surface area contributed by atoms with E-state index in [0.29, 0.717) is 13.1 Å². The van der Waals surface area contributed by atoms with Crippen LogP contribution in [0.1, 0.15) is 26.7 Å². The second-order valence-electron chi connectivity index (χ2n) is 5.31. The third-order valence-corrected chi connectivity index (χ3v) is 5.89. The molecule has 1 aliphatic rings. The van der Waals surface area contributed by atoms with E-state index in [0.717, 1.165) is 12.8 Å². The van der Waals surface area contributed by atoms with Crippen LogP contribution in [0.4, 0.5) is 0 Å². The first kappa shape index (κ1) is 18.0. The molecule has 0 saturated heterocycles. The molecule has 6 nitrogen and oxygen atoms in total. The molecule has 1 N–H and O–H groups in total. The SMILES string of the molecule is CCN(CC)S(=O)(=O)c1ccc(OCC(=O)NC2CC2)c(Cl)c1. The van der Waals surface area contributed by atoms with Crippen LogP contribution in [0.5, 0.6) is 5.75 Å². The maximum atomic E-state index is 12.4. The van der Waals surface area contributed by atoms with Crippen molar-refractivity contribution in [1.82, 2.24) is 9.62 Å². The molecule has 8 heteroatoms. The van der Waals surface area contributed by atoms with Gasteiger partial charge >= 0.3 is 0 Å². The molecule has 0 atom stereocenters. The molecule has 0 unspecified atom stereocenters. The third kappa shape index (κ3) is 4.59. The third-order valence-electron chi connectivity index (χ3n) is 3.55. The number of nitrogens with zero attached hydrogens (tertiary/aromatic N) is 1. The van der Waals surface area contributed by atoms with Crippen LogP contribution in [-0.2, 0) is 14.8 Å². The molecule has 1 amide bonds. The first-order valence-corrected chi connectivity index (χ1v) is 9.42. The summed E-state index contributed by atoms with van der Waals surface area (Å²) in [7, 11) is -3.57. The van der Waals surface area contributed by atoms with E-state index in [-0.39, 0.29) is 34.2 Å². The monoisotopic (exact) mass is 360 g/mol. The summed E-state index contributed by atoms with van der Waals surface area (Å²) in [6.07, 6.45) is 2.01. The largest absolute Gasteiger partial charge is 0.482 e. The smallest absolute Gasteiger partial charge is 0.258 e. The Morgan fingerprint density at radius 2 is 2.00 bits per heavy atom. The van der Waals surface area contributed by atoms with Crippen molar-refractivity contribution < 1.29 is 17.9 Å². The van der Waals surface area contributed by atoms with Crippen molar-refractivity contribution in [1.29, 1.82) is 0 Å². The highest BCUT2D eigenvalue weighted by Crippen LogP contribution is 2.28. The second-order valence-corrected chi connectivity index (χ2v) is 7.66. The molecule has 1 aromatic rings. The molecule has 128 valence electrons. The van der Waals surface area contributed by atoms with E-state index in [4.69, 9.17) is 16.3 Å². The highest BCUT2D eigenvalue weighted by Gasteiger charge is 2.24. The van der Waals surface area contributed by atoms with Gasteiger partial charge in [-0.2, -0.15) is 4.31 Å². The van der Waals surface area contributed by atoms with E-state index in [1.54, 1.807) is 13.8 Å². The molecule has 1 aliphatic carbocycles. The zero-order chi connectivity index (χ0) is 17.0. The van der Waals surface area contributed by atoms with Gasteiger partial charge in [0.1, 0.15) is 5.75 Å². The average Bonchev–Trinajstić information content (AvgIpc) is 3.30. The highest BCUT2D eigenvalue weighted by atomic mass is 35.5. The lowest BCUT2D eigenvalue weighted by Crippen LogP contribution is -2.31. The molecule has 23 heavy (non-hydrogen) atoms. The highest BCUT2D eigenvalue weighted by molar-refractivity contribution is 7.89. The van der Waals surface area contributed by atoms with Gasteiger partial charge in [0.05, 0.1) is 9.92 Å². The van der Waals surface area contributed by atoms with Crippen LogP contribution >= 0.6 is 11.6 Å². The Morgan fingerprint density at radius 1 is 1.35 bits per heavy atom. The summed E-state index contributed by atoms with van der Waals surface area (Å²) in [6, 6.07) is 4.53. The van der Waals surface area contributed by atoms with E-state index < -0.39 is 10.0 Å². The summed E-state index contributed by atoms with van der Waals surface area (Å²) >= 11 is 6.09. The van der Waals surface area contributed by atoms with Crippen molar-refractivity contribution in [2.75, 3.05) is 19.7 Å². The number of ether oxygens (including phenoxy) is 1. The minimum absolute atomic E-state index is 0.112. The topological polar surface area (TPSA) is 75.7 Å². The fraction of sp³-hybridized carbons (Fsp3) is 0.533. The summed E-state index contributed by atoms with van der Waals surface area (Å²) in [5.74, 6) is 0.0829. The molecule has 0 aliphatic heterocycles. The van der Waals surface area contributed by atoms with Crippen LogP contribution < -0.4 is 10.1 Å². The van der Waals surface area contributed by atoms with E-state index in [9.17, 15) is 13.2 Å². The maximum Gasteiger partial charge on any atom is 0.258 e. The van der Waals surface area contributed by atoms with Crippen molar-refractivity contribution in [3.8, 4) is 5.75 Å². The number of rotatable bonds is 8. The summed E-state index contributed by atoms with van der Waals surface area (Å²) in [5, 5.41) is 2.96. The fourth-order valence-electron chi connectivity index (χ4n) is 2.11. The molecule has 0 spiro atoms. The van der Waals surface area contributed by atoms with E-state index in [2.05, 4.69) is 5.32 Å². The summed E-state index contributed by atoms with van der Waals surface area (Å²) in [4.78, 5) is 11.7. The minimum atomic E-state index is -3.57. The molecular formula is C15H21ClN2O4S. The Labute approximate surface area is 141 Å².